The van der Waals surface area contributed by atoms with Crippen LogP contribution < -0.4 is 9.47 Å². The SMILES string of the molecule is COc1ccc(-c2nc(C3CCN(C(=O)N(O)C(C)C)CC3)oc2-c2ccccc2OC)cc1. The molecule has 4 rings (SSSR count). The van der Waals surface area contributed by atoms with Gasteiger partial charge in [0.15, 0.2) is 11.7 Å². The molecule has 2 amide bonds. The van der Waals surface area contributed by atoms with Gasteiger partial charge < -0.3 is 18.8 Å². The minimum atomic E-state index is -0.366. The van der Waals surface area contributed by atoms with Crippen LogP contribution in [0.25, 0.3) is 22.6 Å². The molecule has 8 heteroatoms. The molecule has 1 aromatic heterocycles. The van der Waals surface area contributed by atoms with Gasteiger partial charge in [-0.3, -0.25) is 5.21 Å². The van der Waals surface area contributed by atoms with Crippen LogP contribution in [0.15, 0.2) is 52.9 Å². The van der Waals surface area contributed by atoms with E-state index < -0.39 is 0 Å². The van der Waals surface area contributed by atoms with Crippen LogP contribution in [0.2, 0.25) is 0 Å². The lowest BCUT2D eigenvalue weighted by Gasteiger charge is -2.33. The number of carbonyl (C=O) groups excluding carboxylic acids is 1. The minimum absolute atomic E-state index is 0.0655. The highest BCUT2D eigenvalue weighted by atomic mass is 16.5. The summed E-state index contributed by atoms with van der Waals surface area (Å²) in [7, 11) is 3.27. The molecule has 0 spiro atoms. The molecule has 0 bridgehead atoms. The molecule has 0 radical (unpaired) electrons. The first kappa shape index (κ1) is 23.6. The van der Waals surface area contributed by atoms with Crippen molar-refractivity contribution in [2.24, 2.45) is 0 Å². The Bertz CT molecular complexity index is 1120. The molecule has 3 aromatic rings. The zero-order valence-electron chi connectivity index (χ0n) is 20.0. The quantitative estimate of drug-likeness (QED) is 0.386. The molecule has 2 aromatic carbocycles. The Morgan fingerprint density at radius 2 is 1.76 bits per heavy atom. The molecule has 0 atom stereocenters. The van der Waals surface area contributed by atoms with Crippen LogP contribution in [-0.2, 0) is 0 Å². The largest absolute Gasteiger partial charge is 0.497 e. The van der Waals surface area contributed by atoms with E-state index in [9.17, 15) is 10.0 Å². The molecule has 1 aliphatic rings. The number of ether oxygens (including phenoxy) is 2. The summed E-state index contributed by atoms with van der Waals surface area (Å²) in [6, 6.07) is 14.8. The third-order valence-electron chi connectivity index (χ3n) is 6.16. The van der Waals surface area contributed by atoms with Crippen molar-refractivity contribution < 1.29 is 23.9 Å². The lowest BCUT2D eigenvalue weighted by molar-refractivity contribution is -0.0815. The first-order valence-electron chi connectivity index (χ1n) is 11.5. The van der Waals surface area contributed by atoms with Crippen molar-refractivity contribution in [3.8, 4) is 34.1 Å². The Labute approximate surface area is 199 Å². The third kappa shape index (κ3) is 4.72. The molecule has 8 nitrogen and oxygen atoms in total. The lowest BCUT2D eigenvalue weighted by atomic mass is 9.97. The number of nitrogens with zero attached hydrogens (tertiary/aromatic N) is 3. The molecule has 1 N–H and O–H groups in total. The number of para-hydroxylation sites is 1. The Morgan fingerprint density at radius 3 is 2.38 bits per heavy atom. The van der Waals surface area contributed by atoms with Crippen molar-refractivity contribution in [2.75, 3.05) is 27.3 Å². The summed E-state index contributed by atoms with van der Waals surface area (Å²) in [6.45, 7) is 4.60. The molecular weight excluding hydrogens is 434 g/mol. The average Bonchev–Trinajstić information content (AvgIpc) is 3.33. The standard InChI is InChI=1S/C26H31N3O5/c1-17(2)29(31)26(30)28-15-13-19(14-16-28)25-27-23(18-9-11-20(32-3)12-10-18)24(34-25)21-7-5-6-8-22(21)33-4/h5-12,17,19,31H,13-16H2,1-4H3. The number of benzene rings is 2. The smallest absolute Gasteiger partial charge is 0.343 e. The second kappa shape index (κ2) is 10.2. The second-order valence-electron chi connectivity index (χ2n) is 8.64. The first-order valence-corrected chi connectivity index (χ1v) is 11.5. The zero-order chi connectivity index (χ0) is 24.2. The van der Waals surface area contributed by atoms with E-state index >= 15 is 0 Å². The molecule has 0 unspecified atom stereocenters. The molecule has 2 heterocycles. The van der Waals surface area contributed by atoms with Crippen molar-refractivity contribution in [3.63, 3.8) is 0 Å². The van der Waals surface area contributed by atoms with Crippen molar-refractivity contribution in [1.82, 2.24) is 14.9 Å². The van der Waals surface area contributed by atoms with Gasteiger partial charge in [-0.05, 0) is 63.1 Å². The number of carbonyl (C=O) groups is 1. The molecule has 0 aliphatic carbocycles. The number of urea groups is 1. The van der Waals surface area contributed by atoms with E-state index in [4.69, 9.17) is 18.9 Å². The maximum absolute atomic E-state index is 12.5. The maximum atomic E-state index is 12.5. The summed E-state index contributed by atoms with van der Waals surface area (Å²) in [6.07, 6.45) is 1.40. The number of aromatic nitrogens is 1. The molecule has 34 heavy (non-hydrogen) atoms. The predicted molar refractivity (Wildman–Crippen MR) is 128 cm³/mol. The highest BCUT2D eigenvalue weighted by Crippen LogP contribution is 2.41. The number of rotatable bonds is 6. The monoisotopic (exact) mass is 465 g/mol. The molecule has 0 saturated carbocycles. The van der Waals surface area contributed by atoms with E-state index in [1.54, 1.807) is 33.0 Å². The van der Waals surface area contributed by atoms with E-state index in [1.165, 1.54) is 0 Å². The highest BCUT2D eigenvalue weighted by Gasteiger charge is 2.31. The summed E-state index contributed by atoms with van der Waals surface area (Å²) in [5.74, 6) is 2.83. The van der Waals surface area contributed by atoms with Gasteiger partial charge in [0.25, 0.3) is 0 Å². The van der Waals surface area contributed by atoms with Crippen LogP contribution in [-0.4, -0.2) is 59.5 Å². The number of hydrogen-bond acceptors (Lipinski definition) is 6. The molecular formula is C26H31N3O5. The first-order chi connectivity index (χ1) is 16.4. The van der Waals surface area contributed by atoms with Crippen LogP contribution in [0, 0.1) is 0 Å². The maximum Gasteiger partial charge on any atom is 0.343 e. The van der Waals surface area contributed by atoms with Crippen LogP contribution in [0.1, 0.15) is 38.5 Å². The summed E-state index contributed by atoms with van der Waals surface area (Å²) in [4.78, 5) is 19.1. The van der Waals surface area contributed by atoms with Crippen LogP contribution in [0.3, 0.4) is 0 Å². The number of piperidine rings is 1. The van der Waals surface area contributed by atoms with E-state index in [0.29, 0.717) is 43.3 Å². The normalized spacial score (nSPS) is 14.4. The summed E-state index contributed by atoms with van der Waals surface area (Å²) in [5.41, 5.74) is 2.48. The number of hydrogen-bond donors (Lipinski definition) is 1. The van der Waals surface area contributed by atoms with E-state index in [2.05, 4.69) is 0 Å². The molecule has 1 aliphatic heterocycles. The van der Waals surface area contributed by atoms with Gasteiger partial charge in [-0.25, -0.2) is 14.8 Å². The number of likely N-dealkylation sites (tertiary alicyclic amines) is 1. The third-order valence-corrected chi connectivity index (χ3v) is 6.16. The molecule has 1 saturated heterocycles. The molecule has 1 fully saturated rings. The summed E-state index contributed by atoms with van der Waals surface area (Å²) < 4.78 is 17.3. The fourth-order valence-electron chi connectivity index (χ4n) is 4.15. The van der Waals surface area contributed by atoms with Crippen molar-refractivity contribution in [3.05, 3.63) is 54.4 Å². The highest BCUT2D eigenvalue weighted by molar-refractivity contribution is 5.80. The predicted octanol–water partition coefficient (Wildman–Crippen LogP) is 5.42. The van der Waals surface area contributed by atoms with E-state index in [0.717, 1.165) is 27.6 Å². The van der Waals surface area contributed by atoms with Crippen molar-refractivity contribution in [2.45, 2.75) is 38.6 Å². The van der Waals surface area contributed by atoms with Gasteiger partial charge in [-0.2, -0.15) is 0 Å². The van der Waals surface area contributed by atoms with Gasteiger partial charge in [-0.15, -0.1) is 0 Å². The Morgan fingerprint density at radius 1 is 1.09 bits per heavy atom. The van der Waals surface area contributed by atoms with Gasteiger partial charge in [0.2, 0.25) is 0 Å². The number of hydroxylamine groups is 2. The number of oxazole rings is 1. The van der Waals surface area contributed by atoms with Crippen LogP contribution in [0.5, 0.6) is 11.5 Å². The number of amides is 2. The van der Waals surface area contributed by atoms with Gasteiger partial charge >= 0.3 is 6.03 Å². The topological polar surface area (TPSA) is 88.3 Å². The fourth-order valence-corrected chi connectivity index (χ4v) is 4.15. The lowest BCUT2D eigenvalue weighted by Crippen LogP contribution is -2.47. The van der Waals surface area contributed by atoms with Crippen molar-refractivity contribution in [1.29, 1.82) is 0 Å². The van der Waals surface area contributed by atoms with E-state index in [1.807, 2.05) is 48.5 Å². The molecule has 180 valence electrons. The van der Waals surface area contributed by atoms with Crippen molar-refractivity contribution >= 4 is 6.03 Å². The van der Waals surface area contributed by atoms with Gasteiger partial charge in [0.05, 0.1) is 25.8 Å². The second-order valence-corrected chi connectivity index (χ2v) is 8.64. The Hall–Kier alpha value is -3.52. The zero-order valence-corrected chi connectivity index (χ0v) is 20.0. The Kier molecular flexibility index (Phi) is 7.07. The van der Waals surface area contributed by atoms with Gasteiger partial charge in [0, 0.05) is 24.6 Å². The fraction of sp³-hybridized carbons (Fsp3) is 0.385. The number of methoxy groups -OCH3 is 2. The van der Waals surface area contributed by atoms with Gasteiger partial charge in [0.1, 0.15) is 17.2 Å². The van der Waals surface area contributed by atoms with Gasteiger partial charge in [-0.1, -0.05) is 12.1 Å². The Balaban J connectivity index is 1.64. The summed E-state index contributed by atoms with van der Waals surface area (Å²) in [5, 5.41) is 10.8. The van der Waals surface area contributed by atoms with E-state index in [-0.39, 0.29) is 18.0 Å². The van der Waals surface area contributed by atoms with Crippen LogP contribution in [0.4, 0.5) is 4.79 Å². The summed E-state index contributed by atoms with van der Waals surface area (Å²) >= 11 is 0. The van der Waals surface area contributed by atoms with Crippen LogP contribution >= 0.6 is 0 Å². The average molecular weight is 466 g/mol. The minimum Gasteiger partial charge on any atom is -0.497 e.